The molecule has 0 aromatic heterocycles. The number of carboxylic acid groups (broad SMARTS) is 1. The van der Waals surface area contributed by atoms with Crippen molar-refractivity contribution >= 4 is 18.0 Å². The van der Waals surface area contributed by atoms with E-state index in [1.807, 2.05) is 55.5 Å². The number of aliphatic hydroxyl groups excluding tert-OH is 1. The SMILES string of the molecule is CC(O)CC(C)CNC(=O)C(CC(=O)O)NC(=O)OCC1c2ccccc2-c2ccccc21. The van der Waals surface area contributed by atoms with E-state index in [0.29, 0.717) is 6.42 Å². The van der Waals surface area contributed by atoms with Crippen molar-refractivity contribution in [3.8, 4) is 11.1 Å². The molecule has 0 saturated heterocycles. The number of carboxylic acids is 1. The van der Waals surface area contributed by atoms with E-state index in [2.05, 4.69) is 10.6 Å². The second-order valence-corrected chi connectivity index (χ2v) is 8.56. The maximum absolute atomic E-state index is 12.5. The Labute approximate surface area is 193 Å². The number of amides is 2. The van der Waals surface area contributed by atoms with E-state index in [1.165, 1.54) is 0 Å². The maximum atomic E-state index is 12.5. The molecule has 1 aliphatic rings. The summed E-state index contributed by atoms with van der Waals surface area (Å²) in [5.41, 5.74) is 4.30. The van der Waals surface area contributed by atoms with E-state index in [4.69, 9.17) is 9.84 Å². The summed E-state index contributed by atoms with van der Waals surface area (Å²) >= 11 is 0. The van der Waals surface area contributed by atoms with Crippen molar-refractivity contribution in [2.75, 3.05) is 13.2 Å². The lowest BCUT2D eigenvalue weighted by molar-refractivity contribution is -0.139. The third-order valence-electron chi connectivity index (χ3n) is 5.70. The van der Waals surface area contributed by atoms with Crippen LogP contribution in [0.5, 0.6) is 0 Å². The van der Waals surface area contributed by atoms with Crippen LogP contribution in [0.1, 0.15) is 43.7 Å². The van der Waals surface area contributed by atoms with Gasteiger partial charge in [0.25, 0.3) is 0 Å². The molecular formula is C25H30N2O6. The van der Waals surface area contributed by atoms with Crippen LogP contribution >= 0.6 is 0 Å². The lowest BCUT2D eigenvalue weighted by atomic mass is 9.98. The van der Waals surface area contributed by atoms with Gasteiger partial charge in [-0.05, 0) is 41.5 Å². The zero-order valence-electron chi connectivity index (χ0n) is 18.8. The molecule has 4 N–H and O–H groups in total. The van der Waals surface area contributed by atoms with Gasteiger partial charge < -0.3 is 25.6 Å². The molecule has 1 aliphatic carbocycles. The number of carbonyl (C=O) groups excluding carboxylic acids is 2. The molecule has 3 atom stereocenters. The van der Waals surface area contributed by atoms with Gasteiger partial charge in [0.05, 0.1) is 12.5 Å². The number of aliphatic hydroxyl groups is 1. The van der Waals surface area contributed by atoms with Gasteiger partial charge in [-0.3, -0.25) is 9.59 Å². The lowest BCUT2D eigenvalue weighted by Gasteiger charge is -2.20. The first-order valence-electron chi connectivity index (χ1n) is 11.0. The van der Waals surface area contributed by atoms with Gasteiger partial charge in [0, 0.05) is 12.5 Å². The molecule has 0 aliphatic heterocycles. The van der Waals surface area contributed by atoms with Crippen LogP contribution in [0.4, 0.5) is 4.79 Å². The second-order valence-electron chi connectivity index (χ2n) is 8.56. The summed E-state index contributed by atoms with van der Waals surface area (Å²) in [6.07, 6.45) is -1.44. The Balaban J connectivity index is 1.60. The van der Waals surface area contributed by atoms with E-state index >= 15 is 0 Å². The molecule has 33 heavy (non-hydrogen) atoms. The maximum Gasteiger partial charge on any atom is 0.407 e. The molecular weight excluding hydrogens is 424 g/mol. The summed E-state index contributed by atoms with van der Waals surface area (Å²) in [5, 5.41) is 23.6. The molecule has 0 saturated carbocycles. The number of alkyl carbamates (subject to hydrolysis) is 1. The topological polar surface area (TPSA) is 125 Å². The minimum Gasteiger partial charge on any atom is -0.481 e. The number of rotatable bonds is 10. The van der Waals surface area contributed by atoms with Crippen molar-refractivity contribution in [2.45, 2.75) is 44.8 Å². The molecule has 3 rings (SSSR count). The van der Waals surface area contributed by atoms with Crippen LogP contribution in [-0.2, 0) is 14.3 Å². The van der Waals surface area contributed by atoms with Gasteiger partial charge in [0.2, 0.25) is 5.91 Å². The standard InChI is InChI=1S/C25H30N2O6/c1-15(11-16(2)28)13-26-24(31)22(12-23(29)30)27-25(32)33-14-21-19-9-5-3-7-17(19)18-8-4-6-10-20(18)21/h3-10,15-16,21-22,28H,11-14H2,1-2H3,(H,26,31)(H,27,32)(H,29,30). The van der Waals surface area contributed by atoms with Crippen LogP contribution in [0.15, 0.2) is 48.5 Å². The first-order chi connectivity index (χ1) is 15.8. The quantitative estimate of drug-likeness (QED) is 0.438. The Morgan fingerprint density at radius 2 is 1.58 bits per heavy atom. The third kappa shape index (κ3) is 6.32. The molecule has 0 heterocycles. The van der Waals surface area contributed by atoms with Crippen LogP contribution < -0.4 is 10.6 Å². The summed E-state index contributed by atoms with van der Waals surface area (Å²) in [5.74, 6) is -1.97. The monoisotopic (exact) mass is 454 g/mol. The molecule has 176 valence electrons. The van der Waals surface area contributed by atoms with Crippen LogP contribution in [0.25, 0.3) is 11.1 Å². The molecule has 0 spiro atoms. The van der Waals surface area contributed by atoms with Crippen LogP contribution in [0.3, 0.4) is 0 Å². The largest absolute Gasteiger partial charge is 0.481 e. The lowest BCUT2D eigenvalue weighted by Crippen LogP contribution is -2.49. The van der Waals surface area contributed by atoms with Gasteiger partial charge >= 0.3 is 12.1 Å². The van der Waals surface area contributed by atoms with E-state index in [9.17, 15) is 19.5 Å². The summed E-state index contributed by atoms with van der Waals surface area (Å²) in [4.78, 5) is 36.2. The van der Waals surface area contributed by atoms with E-state index in [0.717, 1.165) is 22.3 Å². The number of hydrogen-bond donors (Lipinski definition) is 4. The number of hydrogen-bond acceptors (Lipinski definition) is 5. The molecule has 8 nitrogen and oxygen atoms in total. The molecule has 8 heteroatoms. The number of nitrogens with one attached hydrogen (secondary N) is 2. The zero-order chi connectivity index (χ0) is 24.0. The summed E-state index contributed by atoms with van der Waals surface area (Å²) in [6.45, 7) is 3.83. The van der Waals surface area contributed by atoms with Crippen molar-refractivity contribution < 1.29 is 29.3 Å². The first kappa shape index (κ1) is 24.3. The zero-order valence-corrected chi connectivity index (χ0v) is 18.8. The Morgan fingerprint density at radius 3 is 2.12 bits per heavy atom. The highest BCUT2D eigenvalue weighted by atomic mass is 16.5. The molecule has 2 amide bonds. The fourth-order valence-corrected chi connectivity index (χ4v) is 4.23. The summed E-state index contributed by atoms with van der Waals surface area (Å²) < 4.78 is 5.42. The van der Waals surface area contributed by atoms with Crippen molar-refractivity contribution in [3.05, 3.63) is 59.7 Å². The van der Waals surface area contributed by atoms with Gasteiger partial charge in [0.1, 0.15) is 12.6 Å². The third-order valence-corrected chi connectivity index (χ3v) is 5.70. The molecule has 2 aromatic rings. The predicted molar refractivity (Wildman–Crippen MR) is 123 cm³/mol. The molecule has 0 radical (unpaired) electrons. The van der Waals surface area contributed by atoms with E-state index in [1.54, 1.807) is 6.92 Å². The van der Waals surface area contributed by atoms with Gasteiger partial charge in [0.15, 0.2) is 0 Å². The first-order valence-corrected chi connectivity index (χ1v) is 11.0. The highest BCUT2D eigenvalue weighted by molar-refractivity contribution is 5.89. The Bertz CT molecular complexity index is 960. The molecule has 3 unspecified atom stereocenters. The van der Waals surface area contributed by atoms with E-state index < -0.39 is 36.5 Å². The highest BCUT2D eigenvalue weighted by Gasteiger charge is 2.30. The van der Waals surface area contributed by atoms with Crippen molar-refractivity contribution in [3.63, 3.8) is 0 Å². The molecule has 0 bridgehead atoms. The highest BCUT2D eigenvalue weighted by Crippen LogP contribution is 2.44. The Kier molecular flexibility index (Phi) is 8.06. The number of ether oxygens (including phenoxy) is 1. The molecule has 2 aromatic carbocycles. The summed E-state index contributed by atoms with van der Waals surface area (Å²) in [7, 11) is 0. The van der Waals surface area contributed by atoms with Gasteiger partial charge in [-0.25, -0.2) is 4.79 Å². The number of benzene rings is 2. The van der Waals surface area contributed by atoms with Crippen LogP contribution in [-0.4, -0.2) is 53.5 Å². The minimum atomic E-state index is -1.27. The van der Waals surface area contributed by atoms with Gasteiger partial charge in [-0.15, -0.1) is 0 Å². The smallest absolute Gasteiger partial charge is 0.407 e. The van der Waals surface area contributed by atoms with Gasteiger partial charge in [-0.2, -0.15) is 0 Å². The minimum absolute atomic E-state index is 0.00566. The fraction of sp³-hybridized carbons (Fsp3) is 0.400. The normalized spacial score (nSPS) is 15.0. The number of aliphatic carboxylic acids is 1. The van der Waals surface area contributed by atoms with Crippen molar-refractivity contribution in [1.82, 2.24) is 10.6 Å². The van der Waals surface area contributed by atoms with Crippen molar-refractivity contribution in [2.24, 2.45) is 5.92 Å². The van der Waals surface area contributed by atoms with E-state index in [-0.39, 0.29) is 25.0 Å². The van der Waals surface area contributed by atoms with Crippen LogP contribution in [0.2, 0.25) is 0 Å². The van der Waals surface area contributed by atoms with Crippen LogP contribution in [0, 0.1) is 5.92 Å². The fourth-order valence-electron chi connectivity index (χ4n) is 4.23. The summed E-state index contributed by atoms with van der Waals surface area (Å²) in [6, 6.07) is 14.6. The second kappa shape index (κ2) is 11.0. The van der Waals surface area contributed by atoms with Crippen molar-refractivity contribution in [1.29, 1.82) is 0 Å². The number of fused-ring (bicyclic) bond motifs is 3. The average Bonchev–Trinajstić information content (AvgIpc) is 3.08. The predicted octanol–water partition coefficient (Wildman–Crippen LogP) is 2.89. The number of carbonyl (C=O) groups is 3. The average molecular weight is 455 g/mol. The van der Waals surface area contributed by atoms with Gasteiger partial charge in [-0.1, -0.05) is 55.5 Å². The molecule has 0 fully saturated rings. The Morgan fingerprint density at radius 1 is 1.00 bits per heavy atom. The Hall–Kier alpha value is -3.39.